The van der Waals surface area contributed by atoms with Crippen molar-refractivity contribution in [1.29, 1.82) is 0 Å². The summed E-state index contributed by atoms with van der Waals surface area (Å²) in [6.07, 6.45) is 1.57. The van der Waals surface area contributed by atoms with Gasteiger partial charge < -0.3 is 0 Å². The number of sulfonamides is 1. The van der Waals surface area contributed by atoms with Gasteiger partial charge in [-0.1, -0.05) is 12.1 Å². The number of benzene rings is 1. The fourth-order valence-electron chi connectivity index (χ4n) is 1.62. The van der Waals surface area contributed by atoms with Gasteiger partial charge in [0, 0.05) is 12.7 Å². The summed E-state index contributed by atoms with van der Waals surface area (Å²) in [5.41, 5.74) is 0.774. The van der Waals surface area contributed by atoms with Crippen molar-refractivity contribution < 1.29 is 17.2 Å². The molecule has 1 heterocycles. The zero-order chi connectivity index (χ0) is 14.6. The van der Waals surface area contributed by atoms with Gasteiger partial charge in [0.2, 0.25) is 5.03 Å². The van der Waals surface area contributed by atoms with Gasteiger partial charge in [-0.2, -0.15) is 0 Å². The van der Waals surface area contributed by atoms with Crippen LogP contribution >= 0.6 is 0 Å². The Hall–Kier alpha value is -1.86. The van der Waals surface area contributed by atoms with E-state index in [4.69, 9.17) is 0 Å². The maximum absolute atomic E-state index is 13.4. The maximum Gasteiger partial charge on any atom is 0.261 e. The molecule has 106 valence electrons. The zero-order valence-electron chi connectivity index (χ0n) is 10.4. The highest BCUT2D eigenvalue weighted by Crippen LogP contribution is 2.10. The van der Waals surface area contributed by atoms with Gasteiger partial charge in [-0.25, -0.2) is 26.9 Å². The van der Waals surface area contributed by atoms with Gasteiger partial charge in [-0.15, -0.1) is 0 Å². The van der Waals surface area contributed by atoms with Crippen LogP contribution in [0, 0.1) is 11.6 Å². The molecule has 0 bridgehead atoms. The standard InChI is InChI=1S/C13H12F2N2O2S/c14-11-5-3-10(4-6-11)7-9-17-20(18,19)13-12(15)2-1-8-16-13/h1-6,8,17H,7,9H2. The maximum atomic E-state index is 13.4. The molecular formula is C13H12F2N2O2S. The molecule has 0 atom stereocenters. The first-order valence-electron chi connectivity index (χ1n) is 5.84. The molecule has 20 heavy (non-hydrogen) atoms. The van der Waals surface area contributed by atoms with E-state index in [0.717, 1.165) is 11.6 Å². The molecule has 0 saturated carbocycles. The smallest absolute Gasteiger partial charge is 0.241 e. The molecule has 1 N–H and O–H groups in total. The number of hydrogen-bond donors (Lipinski definition) is 1. The Labute approximate surface area is 115 Å². The topological polar surface area (TPSA) is 59.1 Å². The van der Waals surface area contributed by atoms with Gasteiger partial charge in [0.05, 0.1) is 0 Å². The third kappa shape index (κ3) is 3.58. The first-order valence-corrected chi connectivity index (χ1v) is 7.32. The second-order valence-corrected chi connectivity index (χ2v) is 5.75. The molecule has 4 nitrogen and oxygen atoms in total. The average Bonchev–Trinajstić information content (AvgIpc) is 2.41. The Morgan fingerprint density at radius 1 is 1.10 bits per heavy atom. The zero-order valence-corrected chi connectivity index (χ0v) is 11.2. The fourth-order valence-corrected chi connectivity index (χ4v) is 2.65. The van der Waals surface area contributed by atoms with E-state index in [9.17, 15) is 17.2 Å². The number of rotatable bonds is 5. The van der Waals surface area contributed by atoms with E-state index in [2.05, 4.69) is 9.71 Å². The van der Waals surface area contributed by atoms with E-state index >= 15 is 0 Å². The monoisotopic (exact) mass is 298 g/mol. The molecule has 0 aliphatic heterocycles. The number of aromatic nitrogens is 1. The van der Waals surface area contributed by atoms with Crippen LogP contribution in [0.15, 0.2) is 47.6 Å². The van der Waals surface area contributed by atoms with Crippen molar-refractivity contribution in [2.45, 2.75) is 11.4 Å². The lowest BCUT2D eigenvalue weighted by Gasteiger charge is -2.06. The third-order valence-electron chi connectivity index (χ3n) is 2.60. The number of hydrogen-bond acceptors (Lipinski definition) is 3. The molecular weight excluding hydrogens is 286 g/mol. The van der Waals surface area contributed by atoms with Crippen LogP contribution in [0.3, 0.4) is 0 Å². The summed E-state index contributed by atoms with van der Waals surface area (Å²) >= 11 is 0. The van der Waals surface area contributed by atoms with E-state index in [0.29, 0.717) is 6.42 Å². The van der Waals surface area contributed by atoms with Crippen molar-refractivity contribution >= 4 is 10.0 Å². The highest BCUT2D eigenvalue weighted by atomic mass is 32.2. The first kappa shape index (κ1) is 14.5. The van der Waals surface area contributed by atoms with Gasteiger partial charge in [0.25, 0.3) is 10.0 Å². The van der Waals surface area contributed by atoms with Crippen molar-refractivity contribution in [1.82, 2.24) is 9.71 Å². The van der Waals surface area contributed by atoms with Crippen LogP contribution in [0.4, 0.5) is 8.78 Å². The molecule has 0 aliphatic carbocycles. The van der Waals surface area contributed by atoms with Crippen molar-refractivity contribution in [2.75, 3.05) is 6.54 Å². The number of nitrogens with one attached hydrogen (secondary N) is 1. The summed E-state index contributed by atoms with van der Waals surface area (Å²) < 4.78 is 52.0. The van der Waals surface area contributed by atoms with Gasteiger partial charge >= 0.3 is 0 Å². The number of pyridine rings is 1. The first-order chi connectivity index (χ1) is 9.49. The predicted molar refractivity (Wildman–Crippen MR) is 69.5 cm³/mol. The summed E-state index contributed by atoms with van der Waals surface area (Å²) in [6.45, 7) is 0.0734. The Kier molecular flexibility index (Phi) is 4.41. The van der Waals surface area contributed by atoms with Gasteiger partial charge in [0.15, 0.2) is 5.82 Å². The normalized spacial score (nSPS) is 11.5. The van der Waals surface area contributed by atoms with Crippen molar-refractivity contribution in [3.8, 4) is 0 Å². The molecule has 1 aromatic carbocycles. The van der Waals surface area contributed by atoms with Crippen LogP contribution in [0.1, 0.15) is 5.56 Å². The summed E-state index contributed by atoms with van der Waals surface area (Å²) in [5, 5.41) is -0.626. The highest BCUT2D eigenvalue weighted by Gasteiger charge is 2.19. The quantitative estimate of drug-likeness (QED) is 0.917. The molecule has 2 aromatic rings. The van der Waals surface area contributed by atoms with Gasteiger partial charge in [0.1, 0.15) is 5.82 Å². The highest BCUT2D eigenvalue weighted by molar-refractivity contribution is 7.89. The fraction of sp³-hybridized carbons (Fsp3) is 0.154. The molecule has 0 aliphatic rings. The Morgan fingerprint density at radius 3 is 2.45 bits per heavy atom. The van der Waals surface area contributed by atoms with Crippen LogP contribution in [-0.4, -0.2) is 19.9 Å². The molecule has 2 rings (SSSR count). The van der Waals surface area contributed by atoms with E-state index in [1.54, 1.807) is 12.1 Å². The lowest BCUT2D eigenvalue weighted by atomic mass is 10.1. The minimum absolute atomic E-state index is 0.0734. The lowest BCUT2D eigenvalue weighted by molar-refractivity contribution is 0.544. The Balaban J connectivity index is 2.00. The summed E-state index contributed by atoms with van der Waals surface area (Å²) in [5.74, 6) is -1.26. The molecule has 0 saturated heterocycles. The largest absolute Gasteiger partial charge is 0.261 e. The second kappa shape index (κ2) is 6.06. The second-order valence-electron chi connectivity index (χ2n) is 4.06. The van der Waals surface area contributed by atoms with Gasteiger partial charge in [-0.3, -0.25) is 0 Å². The third-order valence-corrected chi connectivity index (χ3v) is 3.99. The van der Waals surface area contributed by atoms with Crippen LogP contribution in [0.2, 0.25) is 0 Å². The Morgan fingerprint density at radius 2 is 1.80 bits per heavy atom. The van der Waals surface area contributed by atoms with Crippen LogP contribution in [0.25, 0.3) is 0 Å². The van der Waals surface area contributed by atoms with Crippen LogP contribution < -0.4 is 4.72 Å². The summed E-state index contributed by atoms with van der Waals surface area (Å²) in [6, 6.07) is 8.05. The summed E-state index contributed by atoms with van der Waals surface area (Å²) in [4.78, 5) is 3.51. The molecule has 0 unspecified atom stereocenters. The van der Waals surface area contributed by atoms with E-state index < -0.39 is 20.9 Å². The average molecular weight is 298 g/mol. The minimum Gasteiger partial charge on any atom is -0.241 e. The van der Waals surface area contributed by atoms with Crippen molar-refractivity contribution in [3.05, 3.63) is 59.8 Å². The lowest BCUT2D eigenvalue weighted by Crippen LogP contribution is -2.27. The molecule has 0 fully saturated rings. The van der Waals surface area contributed by atoms with Crippen LogP contribution in [0.5, 0.6) is 0 Å². The SMILES string of the molecule is O=S(=O)(NCCc1ccc(F)cc1)c1ncccc1F. The van der Waals surface area contributed by atoms with E-state index in [1.165, 1.54) is 24.4 Å². The van der Waals surface area contributed by atoms with Crippen molar-refractivity contribution in [2.24, 2.45) is 0 Å². The molecule has 7 heteroatoms. The minimum atomic E-state index is -3.98. The molecule has 0 spiro atoms. The van der Waals surface area contributed by atoms with Crippen molar-refractivity contribution in [3.63, 3.8) is 0 Å². The van der Waals surface area contributed by atoms with E-state index in [-0.39, 0.29) is 12.4 Å². The van der Waals surface area contributed by atoms with E-state index in [1.807, 2.05) is 0 Å². The summed E-state index contributed by atoms with van der Waals surface area (Å²) in [7, 11) is -3.98. The Bertz CT molecular complexity index is 688. The molecule has 0 amide bonds. The molecule has 0 radical (unpaired) electrons. The number of halogens is 2. The molecule has 1 aromatic heterocycles. The van der Waals surface area contributed by atoms with Crippen LogP contribution in [-0.2, 0) is 16.4 Å². The van der Waals surface area contributed by atoms with Gasteiger partial charge in [-0.05, 0) is 36.2 Å². The number of nitrogens with zero attached hydrogens (tertiary/aromatic N) is 1. The predicted octanol–water partition coefficient (Wildman–Crippen LogP) is 1.88.